The van der Waals surface area contributed by atoms with Gasteiger partial charge in [0.15, 0.2) is 6.10 Å². The third kappa shape index (κ3) is 4.76. The van der Waals surface area contributed by atoms with Crippen molar-refractivity contribution in [3.8, 4) is 0 Å². The van der Waals surface area contributed by atoms with Crippen LogP contribution in [0.2, 0.25) is 0 Å². The Morgan fingerprint density at radius 3 is 2.48 bits per heavy atom. The van der Waals surface area contributed by atoms with Gasteiger partial charge in [0, 0.05) is 13.1 Å². The number of aryl methyl sites for hydroxylation is 2. The van der Waals surface area contributed by atoms with Crippen LogP contribution in [0.4, 0.5) is 10.1 Å². The minimum atomic E-state index is -0.968. The van der Waals surface area contributed by atoms with E-state index in [9.17, 15) is 14.0 Å². The Hall–Kier alpha value is -2.96. The molecular weight excluding hydrogens is 325 g/mol. The first-order valence-corrected chi connectivity index (χ1v) is 7.73. The molecule has 0 saturated heterocycles. The van der Waals surface area contributed by atoms with Crippen LogP contribution in [0.3, 0.4) is 0 Å². The molecule has 25 heavy (non-hydrogen) atoms. The zero-order valence-corrected chi connectivity index (χ0v) is 14.5. The van der Waals surface area contributed by atoms with E-state index in [1.165, 1.54) is 43.3 Å². The summed E-state index contributed by atoms with van der Waals surface area (Å²) in [5, 5.41) is 6.93. The molecule has 1 N–H and O–H groups in total. The van der Waals surface area contributed by atoms with Crippen LogP contribution in [0.25, 0.3) is 6.08 Å². The average molecular weight is 345 g/mol. The number of benzene rings is 1. The molecule has 1 heterocycles. The van der Waals surface area contributed by atoms with Crippen molar-refractivity contribution in [2.24, 2.45) is 7.05 Å². The zero-order chi connectivity index (χ0) is 18.6. The lowest BCUT2D eigenvalue weighted by atomic mass is 10.2. The van der Waals surface area contributed by atoms with Crippen LogP contribution in [0.5, 0.6) is 0 Å². The molecule has 0 saturated carbocycles. The van der Waals surface area contributed by atoms with Gasteiger partial charge in [-0.3, -0.25) is 9.48 Å². The maximum Gasteiger partial charge on any atom is 0.331 e. The van der Waals surface area contributed by atoms with Crippen LogP contribution in [0.15, 0.2) is 30.3 Å². The van der Waals surface area contributed by atoms with Crippen LogP contribution in [0.1, 0.15) is 23.9 Å². The van der Waals surface area contributed by atoms with E-state index in [4.69, 9.17) is 4.74 Å². The molecule has 0 aliphatic carbocycles. The number of aromatic nitrogens is 2. The molecule has 132 valence electrons. The summed E-state index contributed by atoms with van der Waals surface area (Å²) in [6.07, 6.45) is 1.71. The van der Waals surface area contributed by atoms with Crippen molar-refractivity contribution in [3.63, 3.8) is 0 Å². The van der Waals surface area contributed by atoms with Crippen molar-refractivity contribution < 1.29 is 18.7 Å². The van der Waals surface area contributed by atoms with Crippen LogP contribution < -0.4 is 5.32 Å². The van der Waals surface area contributed by atoms with E-state index >= 15 is 0 Å². The van der Waals surface area contributed by atoms with E-state index in [0.29, 0.717) is 16.9 Å². The lowest BCUT2D eigenvalue weighted by Crippen LogP contribution is -2.29. The van der Waals surface area contributed by atoms with Crippen molar-refractivity contribution in [2.75, 3.05) is 5.32 Å². The van der Waals surface area contributed by atoms with Crippen molar-refractivity contribution in [1.29, 1.82) is 0 Å². The van der Waals surface area contributed by atoms with E-state index in [2.05, 4.69) is 10.4 Å². The first-order chi connectivity index (χ1) is 11.8. The van der Waals surface area contributed by atoms with E-state index in [1.54, 1.807) is 18.7 Å². The number of hydrogen-bond acceptors (Lipinski definition) is 4. The molecule has 0 unspecified atom stereocenters. The monoisotopic (exact) mass is 345 g/mol. The fourth-order valence-corrected chi connectivity index (χ4v) is 2.18. The van der Waals surface area contributed by atoms with E-state index < -0.39 is 18.0 Å². The summed E-state index contributed by atoms with van der Waals surface area (Å²) >= 11 is 0. The normalized spacial score (nSPS) is 12.2. The molecule has 0 fully saturated rings. The predicted molar refractivity (Wildman–Crippen MR) is 92.3 cm³/mol. The van der Waals surface area contributed by atoms with Gasteiger partial charge in [-0.15, -0.1) is 0 Å². The fourth-order valence-electron chi connectivity index (χ4n) is 2.18. The summed E-state index contributed by atoms with van der Waals surface area (Å²) in [6.45, 7) is 5.10. The fraction of sp³-hybridized carbons (Fsp3) is 0.278. The highest BCUT2D eigenvalue weighted by molar-refractivity contribution is 5.97. The van der Waals surface area contributed by atoms with Gasteiger partial charge in [0.05, 0.1) is 17.1 Å². The Morgan fingerprint density at radius 1 is 1.28 bits per heavy atom. The summed E-state index contributed by atoms with van der Waals surface area (Å²) in [5.74, 6) is -1.46. The molecule has 6 nitrogen and oxygen atoms in total. The summed E-state index contributed by atoms with van der Waals surface area (Å²) in [7, 11) is 1.78. The molecule has 0 aliphatic heterocycles. The molecular formula is C18H20FN3O3. The number of carbonyl (C=O) groups is 2. The highest BCUT2D eigenvalue weighted by Crippen LogP contribution is 2.18. The molecule has 1 amide bonds. The summed E-state index contributed by atoms with van der Waals surface area (Å²) < 4.78 is 19.6. The lowest BCUT2D eigenvalue weighted by Gasteiger charge is -2.12. The largest absolute Gasteiger partial charge is 0.449 e. The van der Waals surface area contributed by atoms with Crippen LogP contribution >= 0.6 is 0 Å². The van der Waals surface area contributed by atoms with Gasteiger partial charge in [-0.1, -0.05) is 12.1 Å². The van der Waals surface area contributed by atoms with Gasteiger partial charge < -0.3 is 10.1 Å². The second kappa shape index (κ2) is 7.74. The number of amides is 1. The highest BCUT2D eigenvalue weighted by Gasteiger charge is 2.20. The van der Waals surface area contributed by atoms with Crippen LogP contribution in [-0.2, 0) is 21.4 Å². The van der Waals surface area contributed by atoms with Gasteiger partial charge in [0.1, 0.15) is 5.82 Å². The van der Waals surface area contributed by atoms with Crippen molar-refractivity contribution in [1.82, 2.24) is 9.78 Å². The average Bonchev–Trinajstić information content (AvgIpc) is 2.80. The molecule has 0 spiro atoms. The molecule has 2 aromatic rings. The summed E-state index contributed by atoms with van der Waals surface area (Å²) in [4.78, 5) is 24.0. The number of ether oxygens (including phenoxy) is 1. The van der Waals surface area contributed by atoms with Gasteiger partial charge in [-0.2, -0.15) is 5.10 Å². The molecule has 7 heteroatoms. The summed E-state index contributed by atoms with van der Waals surface area (Å²) in [6, 6.07) is 5.64. The zero-order valence-electron chi connectivity index (χ0n) is 14.5. The Balaban J connectivity index is 1.93. The molecule has 0 aliphatic rings. The first kappa shape index (κ1) is 18.4. The Bertz CT molecular complexity index is 810. The van der Waals surface area contributed by atoms with Gasteiger partial charge in [0.2, 0.25) is 0 Å². The second-order valence-electron chi connectivity index (χ2n) is 5.62. The maximum atomic E-state index is 12.8. The van der Waals surface area contributed by atoms with Gasteiger partial charge in [-0.25, -0.2) is 9.18 Å². The summed E-state index contributed by atoms with van der Waals surface area (Å²) in [5.41, 5.74) is 2.75. The lowest BCUT2D eigenvalue weighted by molar-refractivity contribution is -0.148. The number of nitrogens with zero attached hydrogens (tertiary/aromatic N) is 2. The van der Waals surface area contributed by atoms with Gasteiger partial charge >= 0.3 is 5.97 Å². The molecule has 1 atom stereocenters. The molecule has 2 rings (SSSR count). The smallest absolute Gasteiger partial charge is 0.331 e. The number of carbonyl (C=O) groups excluding carboxylic acids is 2. The Kier molecular flexibility index (Phi) is 5.69. The van der Waals surface area contributed by atoms with Crippen LogP contribution in [-0.4, -0.2) is 27.8 Å². The number of rotatable bonds is 5. The maximum absolute atomic E-state index is 12.8. The van der Waals surface area contributed by atoms with Crippen molar-refractivity contribution in [2.45, 2.75) is 26.9 Å². The number of hydrogen-bond donors (Lipinski definition) is 1. The Labute approximate surface area is 145 Å². The number of anilines is 1. The van der Waals surface area contributed by atoms with Gasteiger partial charge in [0.25, 0.3) is 5.91 Å². The van der Waals surface area contributed by atoms with Crippen molar-refractivity contribution in [3.05, 3.63) is 53.1 Å². The minimum Gasteiger partial charge on any atom is -0.449 e. The van der Waals surface area contributed by atoms with E-state index in [0.717, 1.165) is 5.69 Å². The van der Waals surface area contributed by atoms with E-state index in [1.807, 2.05) is 6.92 Å². The van der Waals surface area contributed by atoms with E-state index in [-0.39, 0.29) is 5.82 Å². The predicted octanol–water partition coefficient (Wildman–Crippen LogP) is 2.76. The number of esters is 1. The highest BCUT2D eigenvalue weighted by atomic mass is 19.1. The topological polar surface area (TPSA) is 73.2 Å². The van der Waals surface area contributed by atoms with Crippen LogP contribution in [0, 0.1) is 19.7 Å². The van der Waals surface area contributed by atoms with Crippen molar-refractivity contribution >= 4 is 23.6 Å². The molecule has 0 radical (unpaired) electrons. The number of halogens is 1. The SMILES string of the molecule is Cc1nn(C)c(C)c1NC(=O)[C@@H](C)OC(=O)/C=C/c1ccc(F)cc1. The number of nitrogens with one attached hydrogen (secondary N) is 1. The van der Waals surface area contributed by atoms with Gasteiger partial charge in [-0.05, 0) is 44.5 Å². The third-order valence-corrected chi connectivity index (χ3v) is 3.70. The quantitative estimate of drug-likeness (QED) is 0.668. The first-order valence-electron chi connectivity index (χ1n) is 7.73. The second-order valence-corrected chi connectivity index (χ2v) is 5.62. The molecule has 1 aromatic heterocycles. The molecule has 1 aromatic carbocycles. The minimum absolute atomic E-state index is 0.356. The Morgan fingerprint density at radius 2 is 1.92 bits per heavy atom. The molecule has 0 bridgehead atoms. The standard InChI is InChI=1S/C18H20FN3O3/c1-11-17(12(2)22(4)21-11)20-18(24)13(3)25-16(23)10-7-14-5-8-15(19)9-6-14/h5-10,13H,1-4H3,(H,20,24)/b10-7+/t13-/m1/s1. The third-order valence-electron chi connectivity index (χ3n) is 3.70.